The Labute approximate surface area is 152 Å². The molecule has 1 aromatic heterocycles. The van der Waals surface area contributed by atoms with Crippen LogP contribution in [-0.4, -0.2) is 49.5 Å². The fourth-order valence-corrected chi connectivity index (χ4v) is 2.23. The molecule has 0 radical (unpaired) electrons. The van der Waals surface area contributed by atoms with E-state index in [0.29, 0.717) is 42.9 Å². The predicted molar refractivity (Wildman–Crippen MR) is 98.9 cm³/mol. The molecule has 0 aliphatic rings. The number of rotatable bonds is 9. The van der Waals surface area contributed by atoms with Crippen molar-refractivity contribution in [2.24, 2.45) is 4.99 Å². The smallest absolute Gasteiger partial charge is 0.228 e. The van der Waals surface area contributed by atoms with E-state index in [-0.39, 0.29) is 0 Å². The van der Waals surface area contributed by atoms with Crippen molar-refractivity contribution in [2.45, 2.75) is 19.8 Å². The normalized spacial score (nSPS) is 11.6. The molecule has 0 atom stereocenters. The van der Waals surface area contributed by atoms with Crippen molar-refractivity contribution in [1.82, 2.24) is 20.8 Å². The second kappa shape index (κ2) is 10.7. The molecule has 2 rings (SSSR count). The summed E-state index contributed by atoms with van der Waals surface area (Å²) >= 11 is 5.89. The lowest BCUT2D eigenvalue weighted by Gasteiger charge is -2.10. The molecule has 0 saturated carbocycles. The molecule has 25 heavy (non-hydrogen) atoms. The van der Waals surface area contributed by atoms with Crippen LogP contribution in [0.4, 0.5) is 0 Å². The third kappa shape index (κ3) is 6.72. The number of hydrogen-bond acceptors (Lipinski definition) is 5. The molecule has 7 nitrogen and oxygen atoms in total. The van der Waals surface area contributed by atoms with Gasteiger partial charge in [0.15, 0.2) is 5.96 Å². The van der Waals surface area contributed by atoms with Crippen molar-refractivity contribution in [3.8, 4) is 11.4 Å². The molecule has 0 aliphatic carbocycles. The Morgan fingerprint density at radius 2 is 2.08 bits per heavy atom. The number of hydrogen-bond donors (Lipinski definition) is 2. The maximum atomic E-state index is 5.89. The van der Waals surface area contributed by atoms with E-state index in [4.69, 9.17) is 20.9 Å². The van der Waals surface area contributed by atoms with Crippen molar-refractivity contribution in [1.29, 1.82) is 0 Å². The molecule has 0 unspecified atom stereocenters. The quantitative estimate of drug-likeness (QED) is 0.403. The van der Waals surface area contributed by atoms with Crippen molar-refractivity contribution in [3.63, 3.8) is 0 Å². The lowest BCUT2D eigenvalue weighted by atomic mass is 10.2. The minimum atomic E-state index is 0.562. The molecule has 1 aromatic carbocycles. The zero-order chi connectivity index (χ0) is 17.9. The molecule has 136 valence electrons. The van der Waals surface area contributed by atoms with Gasteiger partial charge >= 0.3 is 0 Å². The number of aromatic nitrogens is 2. The number of halogens is 1. The third-order valence-electron chi connectivity index (χ3n) is 3.32. The van der Waals surface area contributed by atoms with E-state index in [1.54, 1.807) is 19.2 Å². The largest absolute Gasteiger partial charge is 0.385 e. The average Bonchev–Trinajstić information content (AvgIpc) is 3.08. The fourth-order valence-electron chi connectivity index (χ4n) is 2.10. The fraction of sp³-hybridized carbons (Fsp3) is 0.471. The van der Waals surface area contributed by atoms with Crippen LogP contribution in [0.2, 0.25) is 5.02 Å². The number of aliphatic imine (C=N–C) groups is 1. The van der Waals surface area contributed by atoms with E-state index in [1.165, 1.54) is 0 Å². The monoisotopic (exact) mass is 365 g/mol. The van der Waals surface area contributed by atoms with E-state index >= 15 is 0 Å². The first-order chi connectivity index (χ1) is 12.2. The van der Waals surface area contributed by atoms with Gasteiger partial charge in [0.25, 0.3) is 0 Å². The molecule has 0 fully saturated rings. The van der Waals surface area contributed by atoms with Gasteiger partial charge in [-0.1, -0.05) is 16.8 Å². The van der Waals surface area contributed by atoms with Gasteiger partial charge in [0.05, 0.1) is 0 Å². The number of methoxy groups -OCH3 is 1. The predicted octanol–water partition coefficient (Wildman–Crippen LogP) is 2.52. The first kappa shape index (κ1) is 19.2. The summed E-state index contributed by atoms with van der Waals surface area (Å²) < 4.78 is 10.3. The van der Waals surface area contributed by atoms with Crippen LogP contribution in [0.5, 0.6) is 0 Å². The summed E-state index contributed by atoms with van der Waals surface area (Å²) in [5.74, 6) is 1.91. The Morgan fingerprint density at radius 3 is 2.80 bits per heavy atom. The van der Waals surface area contributed by atoms with Crippen LogP contribution < -0.4 is 10.6 Å². The van der Waals surface area contributed by atoms with E-state index in [9.17, 15) is 0 Å². The Kier molecular flexibility index (Phi) is 8.21. The van der Waals surface area contributed by atoms with Gasteiger partial charge in [0, 0.05) is 50.4 Å². The molecular formula is C17H24ClN5O2. The molecule has 0 bridgehead atoms. The minimum Gasteiger partial charge on any atom is -0.385 e. The van der Waals surface area contributed by atoms with Gasteiger partial charge in [-0.3, -0.25) is 4.99 Å². The Morgan fingerprint density at radius 1 is 1.28 bits per heavy atom. The number of nitrogens with one attached hydrogen (secondary N) is 2. The summed E-state index contributed by atoms with van der Waals surface area (Å²) in [5, 5.41) is 11.1. The van der Waals surface area contributed by atoms with Gasteiger partial charge in [-0.25, -0.2) is 0 Å². The molecular weight excluding hydrogens is 342 g/mol. The van der Waals surface area contributed by atoms with Crippen molar-refractivity contribution in [2.75, 3.05) is 33.4 Å². The highest BCUT2D eigenvalue weighted by atomic mass is 35.5. The van der Waals surface area contributed by atoms with Crippen LogP contribution in [0.3, 0.4) is 0 Å². The van der Waals surface area contributed by atoms with Crippen molar-refractivity contribution in [3.05, 3.63) is 35.2 Å². The van der Waals surface area contributed by atoms with Gasteiger partial charge < -0.3 is 19.9 Å². The molecule has 1 heterocycles. The zero-order valence-corrected chi connectivity index (χ0v) is 15.3. The standard InChI is InChI=1S/C17H24ClN5O2/c1-3-19-17(20-10-4-12-24-2)21-11-9-15-22-16(23-25-15)13-5-7-14(18)8-6-13/h5-8H,3-4,9-12H2,1-2H3,(H2,19,20,21). The van der Waals surface area contributed by atoms with Crippen molar-refractivity contribution >= 4 is 17.6 Å². The van der Waals surface area contributed by atoms with Crippen LogP contribution in [0.15, 0.2) is 33.8 Å². The first-order valence-corrected chi connectivity index (χ1v) is 8.70. The van der Waals surface area contributed by atoms with Gasteiger partial charge in [-0.15, -0.1) is 0 Å². The van der Waals surface area contributed by atoms with Gasteiger partial charge in [-0.05, 0) is 37.6 Å². The molecule has 2 aromatic rings. The summed E-state index contributed by atoms with van der Waals surface area (Å²) in [4.78, 5) is 8.88. The number of benzene rings is 1. The Hall–Kier alpha value is -2.12. The lowest BCUT2D eigenvalue weighted by molar-refractivity contribution is 0.197. The number of nitrogens with zero attached hydrogens (tertiary/aromatic N) is 3. The van der Waals surface area contributed by atoms with Crippen molar-refractivity contribution < 1.29 is 9.26 Å². The highest BCUT2D eigenvalue weighted by molar-refractivity contribution is 6.30. The molecule has 0 amide bonds. The molecule has 0 aliphatic heterocycles. The van der Waals surface area contributed by atoms with E-state index in [0.717, 1.165) is 24.5 Å². The Bertz CT molecular complexity index is 657. The maximum absolute atomic E-state index is 5.89. The van der Waals surface area contributed by atoms with Crippen LogP contribution >= 0.6 is 11.6 Å². The van der Waals surface area contributed by atoms with Gasteiger partial charge in [-0.2, -0.15) is 4.98 Å². The van der Waals surface area contributed by atoms with Crippen LogP contribution in [0.25, 0.3) is 11.4 Å². The lowest BCUT2D eigenvalue weighted by Crippen LogP contribution is -2.38. The molecule has 0 spiro atoms. The summed E-state index contributed by atoms with van der Waals surface area (Å²) in [7, 11) is 1.69. The molecule has 0 saturated heterocycles. The highest BCUT2D eigenvalue weighted by Gasteiger charge is 2.08. The SMILES string of the molecule is CCNC(=NCCCOC)NCCc1nc(-c2ccc(Cl)cc2)no1. The summed E-state index contributed by atoms with van der Waals surface area (Å²) in [6, 6.07) is 7.34. The van der Waals surface area contributed by atoms with E-state index in [2.05, 4.69) is 25.8 Å². The Balaban J connectivity index is 1.82. The van der Waals surface area contributed by atoms with Crippen LogP contribution in [0, 0.1) is 0 Å². The summed E-state index contributed by atoms with van der Waals surface area (Å²) in [6.45, 7) is 4.90. The summed E-state index contributed by atoms with van der Waals surface area (Å²) in [5.41, 5.74) is 0.875. The van der Waals surface area contributed by atoms with Gasteiger partial charge in [0.2, 0.25) is 11.7 Å². The highest BCUT2D eigenvalue weighted by Crippen LogP contribution is 2.18. The van der Waals surface area contributed by atoms with Gasteiger partial charge in [0.1, 0.15) is 0 Å². The summed E-state index contributed by atoms with van der Waals surface area (Å²) in [6.07, 6.45) is 1.50. The van der Waals surface area contributed by atoms with Crippen LogP contribution in [0.1, 0.15) is 19.2 Å². The number of ether oxygens (including phenoxy) is 1. The van der Waals surface area contributed by atoms with Crippen LogP contribution in [-0.2, 0) is 11.2 Å². The van der Waals surface area contributed by atoms with E-state index in [1.807, 2.05) is 19.1 Å². The first-order valence-electron chi connectivity index (χ1n) is 8.32. The number of guanidine groups is 1. The average molecular weight is 366 g/mol. The van der Waals surface area contributed by atoms with E-state index < -0.39 is 0 Å². The second-order valence-electron chi connectivity index (χ2n) is 5.30. The minimum absolute atomic E-state index is 0.562. The topological polar surface area (TPSA) is 84.6 Å². The second-order valence-corrected chi connectivity index (χ2v) is 5.74. The maximum Gasteiger partial charge on any atom is 0.228 e. The third-order valence-corrected chi connectivity index (χ3v) is 3.57. The molecule has 8 heteroatoms. The zero-order valence-electron chi connectivity index (χ0n) is 14.6. The molecule has 2 N–H and O–H groups in total.